The maximum atomic E-state index is 10.6. The highest BCUT2D eigenvalue weighted by atomic mass is 16.3. The van der Waals surface area contributed by atoms with E-state index in [1.54, 1.807) is 0 Å². The molecule has 0 aromatic carbocycles. The molecular weight excluding hydrogens is 478 g/mol. The minimum atomic E-state index is -0.247. The zero-order valence-corrected chi connectivity index (χ0v) is 29.7. The van der Waals surface area contributed by atoms with Crippen LogP contribution in [0.3, 0.4) is 0 Å². The third-order valence-corrected chi connectivity index (χ3v) is 7.96. The summed E-state index contributed by atoms with van der Waals surface area (Å²) in [5.41, 5.74) is 0. The van der Waals surface area contributed by atoms with Crippen molar-refractivity contribution in [3.05, 3.63) is 12.2 Å². The standard InChI is InChI=1S/C19H35NO.C8H18.2C3H8.C2H6.CH4O/c1-5-15(3)16(4)19(21)20-12-10-18(11-13-20)17-8-6-14(2)7-9-17;1-4-6-7-8(3)5-2;2*1-3-2;2*1-2/h6,8,14-19,21H,5,7,9-13H2,1-4H3;8H,4-7H2,1-3H3;2*3H2,1-2H3;1-2H3;2H,1H3. The summed E-state index contributed by atoms with van der Waals surface area (Å²) in [7, 11) is 1.00. The molecule has 6 atom stereocenters. The van der Waals surface area contributed by atoms with Crippen molar-refractivity contribution in [3.8, 4) is 0 Å². The van der Waals surface area contributed by atoms with Crippen molar-refractivity contribution >= 4 is 0 Å². The Morgan fingerprint density at radius 2 is 1.26 bits per heavy atom. The normalized spacial score (nSPS) is 21.7. The van der Waals surface area contributed by atoms with Crippen LogP contribution >= 0.6 is 0 Å². The van der Waals surface area contributed by atoms with Gasteiger partial charge >= 0.3 is 0 Å². The Morgan fingerprint density at radius 1 is 0.769 bits per heavy atom. The van der Waals surface area contributed by atoms with Gasteiger partial charge in [-0.15, -0.1) is 0 Å². The number of hydrogen-bond acceptors (Lipinski definition) is 3. The number of rotatable bonds is 9. The van der Waals surface area contributed by atoms with Gasteiger partial charge in [-0.2, -0.15) is 0 Å². The fourth-order valence-corrected chi connectivity index (χ4v) is 4.74. The molecule has 39 heavy (non-hydrogen) atoms. The first kappa shape index (κ1) is 45.6. The van der Waals surface area contributed by atoms with Crippen molar-refractivity contribution in [1.82, 2.24) is 4.90 Å². The van der Waals surface area contributed by atoms with E-state index in [4.69, 9.17) is 5.11 Å². The highest BCUT2D eigenvalue weighted by molar-refractivity contribution is 4.99. The molecule has 2 aliphatic rings. The Morgan fingerprint density at radius 3 is 1.62 bits per heavy atom. The Balaban J connectivity index is -0.000000282. The number of likely N-dealkylation sites (tertiary alicyclic amines) is 1. The monoisotopic (exact) mass is 558 g/mol. The molecule has 1 heterocycles. The summed E-state index contributed by atoms with van der Waals surface area (Å²) in [5, 5.41) is 17.6. The molecule has 0 amide bonds. The highest BCUT2D eigenvalue weighted by Crippen LogP contribution is 2.35. The number of nitrogens with zero attached hydrogens (tertiary/aromatic N) is 1. The molecule has 6 unspecified atom stereocenters. The SMILES string of the molecule is CC.CCC.CCC.CCC(C)C(C)C(O)N1CCC(C2C=CC(C)CC2)CC1.CCCCC(C)CC.CO. The van der Waals surface area contributed by atoms with Gasteiger partial charge in [0.2, 0.25) is 0 Å². The summed E-state index contributed by atoms with van der Waals surface area (Å²) in [5.74, 6) is 4.35. The van der Waals surface area contributed by atoms with Crippen molar-refractivity contribution in [1.29, 1.82) is 0 Å². The second-order valence-corrected chi connectivity index (χ2v) is 11.7. The van der Waals surface area contributed by atoms with E-state index in [0.717, 1.165) is 50.3 Å². The quantitative estimate of drug-likeness (QED) is 0.277. The van der Waals surface area contributed by atoms with Gasteiger partial charge in [-0.25, -0.2) is 0 Å². The molecule has 2 rings (SSSR count). The number of hydrogen-bond donors (Lipinski definition) is 2. The summed E-state index contributed by atoms with van der Waals surface area (Å²) in [6.45, 7) is 30.5. The molecule has 1 aliphatic carbocycles. The van der Waals surface area contributed by atoms with Crippen molar-refractivity contribution in [3.63, 3.8) is 0 Å². The Hall–Kier alpha value is -0.380. The van der Waals surface area contributed by atoms with Crippen molar-refractivity contribution in [2.45, 2.75) is 167 Å². The van der Waals surface area contributed by atoms with Gasteiger partial charge in [-0.1, -0.05) is 147 Å². The van der Waals surface area contributed by atoms with Crippen LogP contribution in [0.2, 0.25) is 0 Å². The molecule has 0 bridgehead atoms. The van der Waals surface area contributed by atoms with Gasteiger partial charge in [0.05, 0.1) is 0 Å². The number of unbranched alkanes of at least 4 members (excludes halogenated alkanes) is 1. The number of piperidine rings is 1. The molecule has 0 aromatic rings. The topological polar surface area (TPSA) is 43.7 Å². The second kappa shape index (κ2) is 33.8. The molecule has 1 fully saturated rings. The van der Waals surface area contributed by atoms with E-state index in [9.17, 15) is 5.11 Å². The van der Waals surface area contributed by atoms with E-state index in [1.165, 1.54) is 64.2 Å². The summed E-state index contributed by atoms with van der Waals surface area (Å²) >= 11 is 0. The van der Waals surface area contributed by atoms with E-state index in [1.807, 2.05) is 13.8 Å². The highest BCUT2D eigenvalue weighted by Gasteiger charge is 2.31. The van der Waals surface area contributed by atoms with Crippen LogP contribution in [0.4, 0.5) is 0 Å². The minimum Gasteiger partial charge on any atom is -0.400 e. The summed E-state index contributed by atoms with van der Waals surface area (Å²) in [4.78, 5) is 2.32. The molecule has 0 spiro atoms. The molecule has 3 heteroatoms. The van der Waals surface area contributed by atoms with Crippen LogP contribution in [-0.2, 0) is 0 Å². The summed E-state index contributed by atoms with van der Waals surface area (Å²) in [6, 6.07) is 0. The number of allylic oxidation sites excluding steroid dienone is 2. The Bertz CT molecular complexity index is 457. The molecule has 1 aliphatic heterocycles. The van der Waals surface area contributed by atoms with Crippen LogP contribution in [0.5, 0.6) is 0 Å². The van der Waals surface area contributed by atoms with Crippen molar-refractivity contribution < 1.29 is 10.2 Å². The van der Waals surface area contributed by atoms with E-state index in [0.29, 0.717) is 11.8 Å². The van der Waals surface area contributed by atoms with Crippen LogP contribution in [-0.4, -0.2) is 41.5 Å². The first-order valence-corrected chi connectivity index (χ1v) is 17.2. The maximum Gasteiger partial charge on any atom is 0.110 e. The lowest BCUT2D eigenvalue weighted by Gasteiger charge is -2.41. The van der Waals surface area contributed by atoms with Crippen LogP contribution in [0, 0.1) is 35.5 Å². The largest absolute Gasteiger partial charge is 0.400 e. The van der Waals surface area contributed by atoms with Crippen LogP contribution in [0.15, 0.2) is 12.2 Å². The third kappa shape index (κ3) is 25.1. The van der Waals surface area contributed by atoms with Gasteiger partial charge in [0.1, 0.15) is 6.23 Å². The molecule has 2 N–H and O–H groups in total. The van der Waals surface area contributed by atoms with Gasteiger partial charge in [-0.05, 0) is 61.2 Å². The van der Waals surface area contributed by atoms with Crippen molar-refractivity contribution in [2.24, 2.45) is 35.5 Å². The maximum absolute atomic E-state index is 10.6. The van der Waals surface area contributed by atoms with Crippen LogP contribution in [0.25, 0.3) is 0 Å². The van der Waals surface area contributed by atoms with E-state index in [2.05, 4.69) is 93.2 Å². The molecule has 1 saturated heterocycles. The van der Waals surface area contributed by atoms with Gasteiger partial charge in [-0.3, -0.25) is 4.90 Å². The van der Waals surface area contributed by atoms with E-state index >= 15 is 0 Å². The minimum absolute atomic E-state index is 0.247. The molecule has 0 aromatic heterocycles. The fourth-order valence-electron chi connectivity index (χ4n) is 4.74. The van der Waals surface area contributed by atoms with Gasteiger partial charge < -0.3 is 10.2 Å². The molecule has 240 valence electrons. The fraction of sp³-hybridized carbons (Fsp3) is 0.944. The lowest BCUT2D eigenvalue weighted by Crippen LogP contribution is -2.46. The lowest BCUT2D eigenvalue weighted by atomic mass is 9.77. The zero-order valence-electron chi connectivity index (χ0n) is 29.7. The Kier molecular flexibility index (Phi) is 39.6. The average molecular weight is 558 g/mol. The molecular formula is C36H79NO2. The zero-order chi connectivity index (χ0) is 31.2. The third-order valence-electron chi connectivity index (χ3n) is 7.96. The smallest absolute Gasteiger partial charge is 0.110 e. The predicted octanol–water partition coefficient (Wildman–Crippen LogP) is 11.0. The van der Waals surface area contributed by atoms with Crippen molar-refractivity contribution in [2.75, 3.05) is 20.2 Å². The molecule has 3 nitrogen and oxygen atoms in total. The first-order chi connectivity index (χ1) is 18.7. The summed E-state index contributed by atoms with van der Waals surface area (Å²) < 4.78 is 0. The van der Waals surface area contributed by atoms with E-state index < -0.39 is 0 Å². The lowest BCUT2D eigenvalue weighted by molar-refractivity contribution is -0.0673. The number of aliphatic hydroxyl groups is 2. The molecule has 0 saturated carbocycles. The molecule has 0 radical (unpaired) electrons. The second-order valence-electron chi connectivity index (χ2n) is 11.7. The Labute approximate surface area is 249 Å². The van der Waals surface area contributed by atoms with E-state index in [-0.39, 0.29) is 6.23 Å². The van der Waals surface area contributed by atoms with Gasteiger partial charge in [0, 0.05) is 20.2 Å². The van der Waals surface area contributed by atoms with Crippen LogP contribution in [0.1, 0.15) is 161 Å². The van der Waals surface area contributed by atoms with Gasteiger partial charge in [0.15, 0.2) is 0 Å². The average Bonchev–Trinajstić information content (AvgIpc) is 2.98. The van der Waals surface area contributed by atoms with Gasteiger partial charge in [0.25, 0.3) is 0 Å². The van der Waals surface area contributed by atoms with Crippen LogP contribution < -0.4 is 0 Å². The first-order valence-electron chi connectivity index (χ1n) is 17.2. The number of aliphatic hydroxyl groups excluding tert-OH is 2. The summed E-state index contributed by atoms with van der Waals surface area (Å²) in [6.07, 6.45) is 19.1. The predicted molar refractivity (Wildman–Crippen MR) is 180 cm³/mol.